The first-order chi connectivity index (χ1) is 22.2. The molecule has 3 heterocycles. The lowest BCUT2D eigenvalue weighted by molar-refractivity contribution is -0.137. The summed E-state index contributed by atoms with van der Waals surface area (Å²) in [5.41, 5.74) is -3.43. The van der Waals surface area contributed by atoms with Gasteiger partial charge in [0.2, 0.25) is 9.84 Å². The molecule has 0 aliphatic heterocycles. The molecular formula is C29H21Cl2N5O10S. The molecule has 15 nitrogen and oxygen atoms in total. The average molecular weight is 702 g/mol. The first kappa shape index (κ1) is 31.7. The number of aromatic nitrogens is 5. The second-order valence-corrected chi connectivity index (χ2v) is 13.4. The third-order valence-electron chi connectivity index (χ3n) is 7.77. The van der Waals surface area contributed by atoms with Crippen LogP contribution >= 0.6 is 23.2 Å². The maximum atomic E-state index is 13.5. The van der Waals surface area contributed by atoms with Gasteiger partial charge in [-0.3, -0.25) is 14.4 Å². The number of fused-ring (bicyclic) bond motifs is 3. The van der Waals surface area contributed by atoms with Crippen LogP contribution in [0, 0.1) is 5.92 Å². The minimum atomic E-state index is -4.22. The maximum absolute atomic E-state index is 13.5. The van der Waals surface area contributed by atoms with Crippen LogP contribution in [-0.4, -0.2) is 53.9 Å². The molecule has 0 unspecified atom stereocenters. The molecule has 18 heteroatoms. The minimum absolute atomic E-state index is 0.00574. The number of rotatable bonds is 5. The van der Waals surface area contributed by atoms with Crippen molar-refractivity contribution in [2.75, 3.05) is 0 Å². The number of hydrogen-bond acceptors (Lipinski definition) is 9. The van der Waals surface area contributed by atoms with Crippen molar-refractivity contribution in [2.45, 2.75) is 28.7 Å². The highest BCUT2D eigenvalue weighted by molar-refractivity contribution is 7.91. The molecule has 1 aliphatic rings. The fourth-order valence-corrected chi connectivity index (χ4v) is 7.34. The largest absolute Gasteiger partial charge is 0.481 e. The number of sulfone groups is 1. The van der Waals surface area contributed by atoms with Crippen LogP contribution < -0.4 is 22.5 Å². The SMILES string of the molecule is O=C(O)C[C@H]1C[C@H]1n1ccc2ccc(S(=O)(=O)c3ccc(Cl)c4c(=O)n(O)c(=O)[nH]c34)cc21.O=c1[nH]c2cccc(Cl)c2c(=O)n1O. The molecule has 0 radical (unpaired) electrons. The smallest absolute Gasteiger partial charge is 0.362 e. The summed E-state index contributed by atoms with van der Waals surface area (Å²) in [6.07, 6.45) is 2.52. The van der Waals surface area contributed by atoms with Crippen LogP contribution in [0.1, 0.15) is 18.9 Å². The molecule has 1 fully saturated rings. The standard InChI is InChI=1S/C21H16ClN3O7S.C8H5ClN2O3/c22-13-3-4-16(19-18(13)20(28)25(30)21(29)23-19)33(31,32)12-2-1-10-5-6-24(15(10)9-12)14-7-11(14)8-17(26)27;9-4-2-1-3-5-6(4)7(12)11(14)8(13)10-5/h1-6,9,11,14,30H,7-8H2,(H,23,29)(H,26,27);1-3,14H,(H,10,13)/t11-,14-;/m1./s1. The Kier molecular flexibility index (Phi) is 7.73. The molecule has 3 aromatic carbocycles. The van der Waals surface area contributed by atoms with E-state index in [-0.39, 0.29) is 64.0 Å². The molecule has 1 saturated carbocycles. The molecule has 47 heavy (non-hydrogen) atoms. The first-order valence-corrected chi connectivity index (χ1v) is 15.8. The fourth-order valence-electron chi connectivity index (χ4n) is 5.41. The van der Waals surface area contributed by atoms with Crippen molar-refractivity contribution < 1.29 is 28.7 Å². The van der Waals surface area contributed by atoms with Crippen molar-refractivity contribution in [3.05, 3.63) is 113 Å². The zero-order valence-electron chi connectivity index (χ0n) is 23.5. The lowest BCUT2D eigenvalue weighted by Crippen LogP contribution is -2.33. The summed E-state index contributed by atoms with van der Waals surface area (Å²) in [5.74, 6) is -0.905. The number of carbonyl (C=O) groups is 1. The summed E-state index contributed by atoms with van der Waals surface area (Å²) in [6, 6.07) is 13.3. The zero-order valence-corrected chi connectivity index (χ0v) is 25.9. The van der Waals surface area contributed by atoms with Gasteiger partial charge in [0.05, 0.1) is 48.1 Å². The van der Waals surface area contributed by atoms with Gasteiger partial charge in [0.25, 0.3) is 11.1 Å². The highest BCUT2D eigenvalue weighted by Crippen LogP contribution is 2.47. The quantitative estimate of drug-likeness (QED) is 0.165. The molecule has 3 aromatic heterocycles. The number of H-pyrrole nitrogens is 2. The summed E-state index contributed by atoms with van der Waals surface area (Å²) in [4.78, 5) is 61.7. The summed E-state index contributed by atoms with van der Waals surface area (Å²) < 4.78 is 28.7. The third kappa shape index (κ3) is 5.45. The monoisotopic (exact) mass is 701 g/mol. The maximum Gasteiger partial charge on any atom is 0.362 e. The summed E-state index contributed by atoms with van der Waals surface area (Å²) in [7, 11) is -4.22. The van der Waals surface area contributed by atoms with Gasteiger partial charge < -0.3 is 30.1 Å². The summed E-state index contributed by atoms with van der Waals surface area (Å²) >= 11 is 11.8. The van der Waals surface area contributed by atoms with Crippen molar-refractivity contribution in [1.29, 1.82) is 0 Å². The lowest BCUT2D eigenvalue weighted by Gasteiger charge is -2.11. The van der Waals surface area contributed by atoms with Gasteiger partial charge in [-0.2, -0.15) is 0 Å². The van der Waals surface area contributed by atoms with Crippen molar-refractivity contribution >= 4 is 71.7 Å². The van der Waals surface area contributed by atoms with E-state index in [1.807, 2.05) is 10.6 Å². The van der Waals surface area contributed by atoms with E-state index in [1.54, 1.807) is 18.3 Å². The van der Waals surface area contributed by atoms with Gasteiger partial charge in [-0.15, -0.1) is 0 Å². The number of carboxylic acid groups (broad SMARTS) is 1. The number of carboxylic acids is 1. The van der Waals surface area contributed by atoms with E-state index >= 15 is 0 Å². The highest BCUT2D eigenvalue weighted by Gasteiger charge is 2.40. The molecule has 0 saturated heterocycles. The van der Waals surface area contributed by atoms with E-state index in [9.17, 15) is 37.6 Å². The highest BCUT2D eigenvalue weighted by atomic mass is 35.5. The van der Waals surface area contributed by atoms with Crippen LogP contribution in [0.5, 0.6) is 0 Å². The van der Waals surface area contributed by atoms with E-state index < -0.39 is 38.3 Å². The van der Waals surface area contributed by atoms with Crippen LogP contribution in [-0.2, 0) is 14.6 Å². The number of benzene rings is 3. The van der Waals surface area contributed by atoms with E-state index in [1.165, 1.54) is 36.4 Å². The number of aliphatic carboxylic acids is 1. The molecule has 5 N–H and O–H groups in total. The first-order valence-electron chi connectivity index (χ1n) is 13.6. The lowest BCUT2D eigenvalue weighted by atomic mass is 10.2. The minimum Gasteiger partial charge on any atom is -0.481 e. The third-order valence-corrected chi connectivity index (χ3v) is 10.2. The second-order valence-electron chi connectivity index (χ2n) is 10.7. The number of aromatic amines is 2. The van der Waals surface area contributed by atoms with E-state index in [0.29, 0.717) is 17.5 Å². The fraction of sp³-hybridized carbons (Fsp3) is 0.138. The van der Waals surface area contributed by atoms with E-state index in [4.69, 9.17) is 33.5 Å². The topological polar surface area (TPSA) is 227 Å². The molecule has 0 spiro atoms. The van der Waals surface area contributed by atoms with Gasteiger partial charge in [0.15, 0.2) is 0 Å². The van der Waals surface area contributed by atoms with Crippen LogP contribution in [0.25, 0.3) is 32.7 Å². The molecule has 7 rings (SSSR count). The van der Waals surface area contributed by atoms with E-state index in [0.717, 1.165) is 5.39 Å². The Bertz CT molecular complexity index is 2640. The summed E-state index contributed by atoms with van der Waals surface area (Å²) in [6.45, 7) is 0. The molecule has 6 aromatic rings. The van der Waals surface area contributed by atoms with Crippen molar-refractivity contribution in [3.8, 4) is 0 Å². The molecule has 0 bridgehead atoms. The Morgan fingerprint density at radius 2 is 1.53 bits per heavy atom. The Labute approximate surface area is 270 Å². The molecule has 2 atom stereocenters. The van der Waals surface area contributed by atoms with Gasteiger partial charge in [-0.25, -0.2) is 18.0 Å². The predicted molar refractivity (Wildman–Crippen MR) is 169 cm³/mol. The molecule has 0 amide bonds. The zero-order chi connectivity index (χ0) is 33.9. The Balaban J connectivity index is 0.000000230. The van der Waals surface area contributed by atoms with Gasteiger partial charge >= 0.3 is 17.3 Å². The van der Waals surface area contributed by atoms with E-state index in [2.05, 4.69) is 9.97 Å². The van der Waals surface area contributed by atoms with Gasteiger partial charge in [-0.05, 0) is 60.2 Å². The molecular weight excluding hydrogens is 681 g/mol. The number of halogens is 2. The second kappa shape index (κ2) is 11.5. The van der Waals surface area contributed by atoms with Crippen molar-refractivity contribution in [1.82, 2.24) is 24.0 Å². The van der Waals surface area contributed by atoms with Crippen molar-refractivity contribution in [3.63, 3.8) is 0 Å². The van der Waals surface area contributed by atoms with Gasteiger partial charge in [-0.1, -0.05) is 44.8 Å². The van der Waals surface area contributed by atoms with Crippen LogP contribution in [0.4, 0.5) is 0 Å². The molecule has 1 aliphatic carbocycles. The van der Waals surface area contributed by atoms with Crippen molar-refractivity contribution in [2.24, 2.45) is 5.92 Å². The van der Waals surface area contributed by atoms with Gasteiger partial charge in [0, 0.05) is 17.8 Å². The molecule has 242 valence electrons. The van der Waals surface area contributed by atoms with Crippen LogP contribution in [0.2, 0.25) is 10.0 Å². The number of hydrogen-bond donors (Lipinski definition) is 5. The number of nitrogens with one attached hydrogen (secondary N) is 2. The van der Waals surface area contributed by atoms with Crippen LogP contribution in [0.15, 0.2) is 89.8 Å². The van der Waals surface area contributed by atoms with Crippen LogP contribution in [0.3, 0.4) is 0 Å². The average Bonchev–Trinajstić information content (AvgIpc) is 3.63. The summed E-state index contributed by atoms with van der Waals surface area (Å²) in [5, 5.41) is 28.3. The Hall–Kier alpha value is -5.32. The van der Waals surface area contributed by atoms with Gasteiger partial charge in [0.1, 0.15) is 0 Å². The normalized spacial score (nSPS) is 15.9. The number of nitrogens with zero attached hydrogens (tertiary/aromatic N) is 3. The Morgan fingerprint density at radius 3 is 2.23 bits per heavy atom. The Morgan fingerprint density at radius 1 is 0.872 bits per heavy atom. The predicted octanol–water partition coefficient (Wildman–Crippen LogP) is 2.98.